The number of hydrogen-bond acceptors (Lipinski definition) is 5. The number of carbonyl (C=O) groups is 3. The van der Waals surface area contributed by atoms with Crippen LogP contribution >= 0.6 is 0 Å². The molecule has 4 saturated carbocycles. The molecule has 0 aromatic heterocycles. The molecule has 6 heteroatoms. The van der Waals surface area contributed by atoms with Gasteiger partial charge in [-0.05, 0) is 98.7 Å². The number of ether oxygens (including phenoxy) is 2. The van der Waals surface area contributed by atoms with Gasteiger partial charge in [-0.3, -0.25) is 14.4 Å². The number of fused-ring (bicyclic) bond motifs is 5. The van der Waals surface area contributed by atoms with Gasteiger partial charge in [-0.1, -0.05) is 20.8 Å². The fraction of sp³-hybridized carbons (Fsp3) is 0.893. The highest BCUT2D eigenvalue weighted by Crippen LogP contribution is 2.69. The summed E-state index contributed by atoms with van der Waals surface area (Å²) in [5, 5.41) is 9.24. The van der Waals surface area contributed by atoms with Gasteiger partial charge < -0.3 is 14.6 Å². The molecule has 192 valence electrons. The van der Waals surface area contributed by atoms with Crippen LogP contribution in [0.25, 0.3) is 0 Å². The highest BCUT2D eigenvalue weighted by Gasteiger charge is 2.65. The van der Waals surface area contributed by atoms with E-state index >= 15 is 0 Å². The first-order valence-corrected chi connectivity index (χ1v) is 13.5. The molecular weight excluding hydrogens is 432 g/mol. The molecule has 4 rings (SSSR count). The summed E-state index contributed by atoms with van der Waals surface area (Å²) in [5.41, 5.74) is 0.0925. The zero-order valence-corrected chi connectivity index (χ0v) is 21.7. The lowest BCUT2D eigenvalue weighted by Gasteiger charge is -2.62. The van der Waals surface area contributed by atoms with Crippen molar-refractivity contribution in [1.29, 1.82) is 0 Å². The van der Waals surface area contributed by atoms with Gasteiger partial charge in [-0.2, -0.15) is 0 Å². The van der Waals surface area contributed by atoms with E-state index < -0.39 is 5.97 Å². The van der Waals surface area contributed by atoms with E-state index in [1.165, 1.54) is 26.7 Å². The van der Waals surface area contributed by atoms with Gasteiger partial charge in [0.2, 0.25) is 0 Å². The van der Waals surface area contributed by atoms with Crippen LogP contribution in [-0.4, -0.2) is 35.2 Å². The Morgan fingerprint density at radius 2 is 1.65 bits per heavy atom. The molecule has 0 aromatic carbocycles. The minimum atomic E-state index is -0.734. The van der Waals surface area contributed by atoms with Gasteiger partial charge in [0.1, 0.15) is 12.2 Å². The standard InChI is InChI=1S/C28H44O6/c1-16(6-11-26(31)32)22-9-10-23-21-8-7-19-14-20(33-17(2)29)12-13-27(19,4)24(21)15-25(28(22,23)5)34-18(3)30/h16,19-25H,6-15H2,1-5H3,(H,31,32)/t16?,19-,20-,21?,22?,23?,24?,25+,27+,28-/m1/s1. The lowest BCUT2D eigenvalue weighted by atomic mass is 9.43. The quantitative estimate of drug-likeness (QED) is 0.501. The molecule has 4 fully saturated rings. The van der Waals surface area contributed by atoms with Crippen molar-refractivity contribution in [3.8, 4) is 0 Å². The largest absolute Gasteiger partial charge is 0.481 e. The molecule has 0 amide bonds. The van der Waals surface area contributed by atoms with Gasteiger partial charge in [-0.15, -0.1) is 0 Å². The fourth-order valence-corrected chi connectivity index (χ4v) is 9.39. The monoisotopic (exact) mass is 476 g/mol. The first-order chi connectivity index (χ1) is 16.0. The van der Waals surface area contributed by atoms with E-state index in [4.69, 9.17) is 9.47 Å². The van der Waals surface area contributed by atoms with Gasteiger partial charge in [-0.25, -0.2) is 0 Å². The van der Waals surface area contributed by atoms with E-state index in [1.807, 2.05) is 0 Å². The fourth-order valence-electron chi connectivity index (χ4n) is 9.39. The van der Waals surface area contributed by atoms with E-state index in [0.29, 0.717) is 41.9 Å². The average molecular weight is 477 g/mol. The van der Waals surface area contributed by atoms with Crippen LogP contribution in [0.4, 0.5) is 0 Å². The molecule has 4 aliphatic rings. The number of esters is 2. The SMILES string of the molecule is CC(=O)O[C@@H]1CC[C@]2(C)C3C[C@H](OC(C)=O)[C@]4(C)C(C(C)CCC(=O)O)CCC4C3CC[C@@H]2C1. The van der Waals surface area contributed by atoms with Gasteiger partial charge in [0, 0.05) is 25.7 Å². The maximum absolute atomic E-state index is 12.3. The van der Waals surface area contributed by atoms with Crippen LogP contribution in [0.1, 0.15) is 98.8 Å². The summed E-state index contributed by atoms with van der Waals surface area (Å²) in [6.07, 6.45) is 9.27. The maximum Gasteiger partial charge on any atom is 0.303 e. The Hall–Kier alpha value is -1.59. The minimum absolute atomic E-state index is 0.0381. The lowest BCUT2D eigenvalue weighted by molar-refractivity contribution is -0.197. The second kappa shape index (κ2) is 9.46. The summed E-state index contributed by atoms with van der Waals surface area (Å²) in [4.78, 5) is 35.0. The Bertz CT molecular complexity index is 809. The Morgan fingerprint density at radius 1 is 0.941 bits per heavy atom. The van der Waals surface area contributed by atoms with E-state index in [1.54, 1.807) is 0 Å². The van der Waals surface area contributed by atoms with Crippen LogP contribution in [0.15, 0.2) is 0 Å². The molecule has 0 spiro atoms. The predicted molar refractivity (Wildman–Crippen MR) is 128 cm³/mol. The van der Waals surface area contributed by atoms with Crippen LogP contribution in [0, 0.1) is 46.3 Å². The van der Waals surface area contributed by atoms with Crippen LogP contribution in [0.2, 0.25) is 0 Å². The van der Waals surface area contributed by atoms with E-state index in [2.05, 4.69) is 20.8 Å². The Balaban J connectivity index is 1.60. The van der Waals surface area contributed by atoms with Crippen LogP contribution in [0.3, 0.4) is 0 Å². The van der Waals surface area contributed by atoms with E-state index in [-0.39, 0.29) is 41.4 Å². The number of carbonyl (C=O) groups excluding carboxylic acids is 2. The zero-order valence-electron chi connectivity index (χ0n) is 21.7. The third kappa shape index (κ3) is 4.39. The van der Waals surface area contributed by atoms with Crippen molar-refractivity contribution < 1.29 is 29.0 Å². The molecule has 0 heterocycles. The third-order valence-electron chi connectivity index (χ3n) is 10.9. The summed E-state index contributed by atoms with van der Waals surface area (Å²) >= 11 is 0. The second-order valence-electron chi connectivity index (χ2n) is 12.5. The lowest BCUT2D eigenvalue weighted by Crippen LogP contribution is -2.59. The van der Waals surface area contributed by atoms with Gasteiger partial charge in [0.15, 0.2) is 0 Å². The number of rotatable bonds is 6. The molecule has 0 bridgehead atoms. The van der Waals surface area contributed by atoms with Crippen molar-refractivity contribution in [3.05, 3.63) is 0 Å². The second-order valence-corrected chi connectivity index (χ2v) is 12.5. The van der Waals surface area contributed by atoms with Gasteiger partial charge in [0.25, 0.3) is 0 Å². The molecule has 0 aromatic rings. The molecule has 10 atom stereocenters. The molecule has 5 unspecified atom stereocenters. The average Bonchev–Trinajstić information content (AvgIpc) is 3.10. The van der Waals surface area contributed by atoms with Gasteiger partial charge >= 0.3 is 17.9 Å². The first-order valence-electron chi connectivity index (χ1n) is 13.5. The molecule has 0 radical (unpaired) electrons. The topological polar surface area (TPSA) is 89.9 Å². The van der Waals surface area contributed by atoms with Crippen LogP contribution in [0.5, 0.6) is 0 Å². The number of carboxylic acids is 1. The van der Waals surface area contributed by atoms with Gasteiger partial charge in [0.05, 0.1) is 0 Å². The van der Waals surface area contributed by atoms with Crippen molar-refractivity contribution in [1.82, 2.24) is 0 Å². The highest BCUT2D eigenvalue weighted by molar-refractivity contribution is 5.67. The van der Waals surface area contributed by atoms with Crippen molar-refractivity contribution in [2.45, 2.75) is 111 Å². The van der Waals surface area contributed by atoms with Crippen molar-refractivity contribution >= 4 is 17.9 Å². The third-order valence-corrected chi connectivity index (χ3v) is 10.9. The molecule has 1 N–H and O–H groups in total. The Morgan fingerprint density at radius 3 is 2.29 bits per heavy atom. The van der Waals surface area contributed by atoms with Crippen molar-refractivity contribution in [3.63, 3.8) is 0 Å². The Labute approximate surface area is 204 Å². The summed E-state index contributed by atoms with van der Waals surface area (Å²) in [6, 6.07) is 0. The smallest absolute Gasteiger partial charge is 0.303 e. The molecule has 6 nitrogen and oxygen atoms in total. The van der Waals surface area contributed by atoms with Crippen LogP contribution in [-0.2, 0) is 23.9 Å². The number of hydrogen-bond donors (Lipinski definition) is 1. The summed E-state index contributed by atoms with van der Waals surface area (Å²) < 4.78 is 11.7. The summed E-state index contributed by atoms with van der Waals surface area (Å²) in [6.45, 7) is 10.0. The van der Waals surface area contributed by atoms with Crippen LogP contribution < -0.4 is 0 Å². The number of carboxylic acid groups (broad SMARTS) is 1. The van der Waals surface area contributed by atoms with E-state index in [9.17, 15) is 19.5 Å². The van der Waals surface area contributed by atoms with Crippen molar-refractivity contribution in [2.24, 2.45) is 46.3 Å². The number of aliphatic carboxylic acids is 1. The molecule has 0 aliphatic heterocycles. The van der Waals surface area contributed by atoms with Crippen molar-refractivity contribution in [2.75, 3.05) is 0 Å². The normalized spacial score (nSPS) is 44.2. The summed E-state index contributed by atoms with van der Waals surface area (Å²) in [7, 11) is 0. The summed E-state index contributed by atoms with van der Waals surface area (Å²) in [5.74, 6) is 1.75. The molecule has 34 heavy (non-hydrogen) atoms. The maximum atomic E-state index is 12.3. The molecular formula is C28H44O6. The zero-order chi connectivity index (χ0) is 24.8. The predicted octanol–water partition coefficient (Wildman–Crippen LogP) is 5.62. The first kappa shape index (κ1) is 25.5. The highest BCUT2D eigenvalue weighted by atomic mass is 16.5. The van der Waals surface area contributed by atoms with E-state index in [0.717, 1.165) is 38.5 Å². The Kier molecular flexibility index (Phi) is 7.10. The minimum Gasteiger partial charge on any atom is -0.481 e. The molecule has 4 aliphatic carbocycles. The molecule has 0 saturated heterocycles.